The largest absolute Gasteiger partial charge is 0.395 e. The van der Waals surface area contributed by atoms with E-state index in [-0.39, 0.29) is 53.3 Å². The molecule has 1 spiro atoms. The molecular weight excluding hydrogens is 416 g/mol. The third-order valence-electron chi connectivity index (χ3n) is 6.95. The molecule has 6 rings (SSSR count). The summed E-state index contributed by atoms with van der Waals surface area (Å²) in [6.45, 7) is -5.99. The molecule has 1 saturated carbocycles. The number of H-pyrrole nitrogens is 1. The number of likely N-dealkylation sites (tertiary alicyclic amines) is 1. The summed E-state index contributed by atoms with van der Waals surface area (Å²) >= 11 is 0. The highest BCUT2D eigenvalue weighted by Gasteiger charge is 2.54. The summed E-state index contributed by atoms with van der Waals surface area (Å²) < 4.78 is 91.0. The van der Waals surface area contributed by atoms with Crippen molar-refractivity contribution in [2.75, 3.05) is 39.2 Å². The van der Waals surface area contributed by atoms with Crippen LogP contribution in [0.15, 0.2) is 18.2 Å². The van der Waals surface area contributed by atoms with Gasteiger partial charge in [0.15, 0.2) is 11.6 Å². The zero-order chi connectivity index (χ0) is 28.3. The van der Waals surface area contributed by atoms with Crippen LogP contribution in [0.1, 0.15) is 45.7 Å². The predicted molar refractivity (Wildman–Crippen MR) is 115 cm³/mol. The second-order valence-corrected chi connectivity index (χ2v) is 8.82. The second-order valence-electron chi connectivity index (χ2n) is 8.82. The molecule has 0 radical (unpaired) electrons. The van der Waals surface area contributed by atoms with Crippen LogP contribution in [0.5, 0.6) is 0 Å². The molecule has 4 aliphatic rings. The maximum absolute atomic E-state index is 13.8. The second kappa shape index (κ2) is 7.48. The smallest absolute Gasteiger partial charge is 0.270 e. The van der Waals surface area contributed by atoms with Gasteiger partial charge in [-0.05, 0) is 37.8 Å². The Morgan fingerprint density at radius 1 is 1.28 bits per heavy atom. The fourth-order valence-electron chi connectivity index (χ4n) is 5.01. The van der Waals surface area contributed by atoms with Crippen molar-refractivity contribution in [2.45, 2.75) is 43.3 Å². The number of fused-ring (bicyclic) bond motifs is 4. The van der Waals surface area contributed by atoms with E-state index in [0.717, 1.165) is 31.0 Å². The van der Waals surface area contributed by atoms with Gasteiger partial charge in [0.1, 0.15) is 5.69 Å². The SMILES string of the molecule is [2H]C1C2NN3CCC4(CC4)N(CCO)CC3([2H])C2([2H])C([2H])([2H])N(C(=O)c2cc3cc(F)c(F)cc3[nH]2)C1([2H])[2H]. The Bertz CT molecular complexity index is 1320. The number of benzene rings is 1. The molecule has 32 heavy (non-hydrogen) atoms. The average molecular weight is 453 g/mol. The Morgan fingerprint density at radius 2 is 2.09 bits per heavy atom. The Hall–Kier alpha value is -2.07. The lowest BCUT2D eigenvalue weighted by Crippen LogP contribution is -2.51. The number of carbonyl (C=O) groups is 1. The van der Waals surface area contributed by atoms with Crippen LogP contribution in [-0.4, -0.2) is 87.6 Å². The maximum atomic E-state index is 13.8. The first kappa shape index (κ1) is 14.2. The minimum absolute atomic E-state index is 0.0279. The lowest BCUT2D eigenvalue weighted by Gasteiger charge is -2.38. The molecule has 7 nitrogen and oxygen atoms in total. The van der Waals surface area contributed by atoms with Gasteiger partial charge in [0.05, 0.1) is 6.61 Å². The normalized spacial score (nSPS) is 43.1. The van der Waals surface area contributed by atoms with Gasteiger partial charge in [-0.15, -0.1) is 0 Å². The van der Waals surface area contributed by atoms with E-state index in [1.165, 1.54) is 5.01 Å². The number of nitrogens with one attached hydrogen (secondary N) is 2. The molecule has 3 N–H and O–H groups in total. The van der Waals surface area contributed by atoms with Crippen LogP contribution in [0.3, 0.4) is 0 Å². The van der Waals surface area contributed by atoms with Crippen LogP contribution < -0.4 is 5.43 Å². The van der Waals surface area contributed by atoms with Crippen molar-refractivity contribution < 1.29 is 28.3 Å². The summed E-state index contributed by atoms with van der Waals surface area (Å²) in [5.41, 5.74) is 2.28. The van der Waals surface area contributed by atoms with Gasteiger partial charge in [0.25, 0.3) is 5.91 Å². The maximum Gasteiger partial charge on any atom is 0.270 e. The highest BCUT2D eigenvalue weighted by atomic mass is 19.2. The van der Waals surface area contributed by atoms with Gasteiger partial charge in [-0.3, -0.25) is 15.1 Å². The number of rotatable bonds is 3. The number of β-amino-alcohol motifs (C(OH)–C–C–N with tert-alkyl or cyclic N) is 1. The van der Waals surface area contributed by atoms with Crippen molar-refractivity contribution in [3.05, 3.63) is 35.5 Å². The van der Waals surface area contributed by atoms with Gasteiger partial charge in [0.2, 0.25) is 0 Å². The number of aliphatic hydroxyl groups is 1. The molecule has 4 atom stereocenters. The zero-order valence-corrected chi connectivity index (χ0v) is 17.3. The number of aromatic amines is 1. The minimum atomic E-state index is -3.13. The molecule has 4 unspecified atom stereocenters. The number of piperidine rings is 1. The number of amides is 1. The van der Waals surface area contributed by atoms with E-state index in [0.29, 0.717) is 6.42 Å². The number of nitrogens with zero attached hydrogens (tertiary/aromatic N) is 3. The summed E-state index contributed by atoms with van der Waals surface area (Å²) in [7, 11) is 0. The molecule has 4 heterocycles. The van der Waals surface area contributed by atoms with E-state index < -0.39 is 54.9 Å². The van der Waals surface area contributed by atoms with E-state index in [1.807, 2.05) is 4.90 Å². The summed E-state index contributed by atoms with van der Waals surface area (Å²) in [5, 5.41) is 11.2. The van der Waals surface area contributed by atoms with Crippen molar-refractivity contribution >= 4 is 16.8 Å². The van der Waals surface area contributed by atoms with E-state index in [2.05, 4.69) is 10.4 Å². The Kier molecular flexibility index (Phi) is 3.33. The third-order valence-corrected chi connectivity index (χ3v) is 6.95. The molecule has 4 fully saturated rings. The Labute approximate surface area is 195 Å². The highest BCUT2D eigenvalue weighted by molar-refractivity contribution is 5.98. The summed E-state index contributed by atoms with van der Waals surface area (Å²) in [6, 6.07) is -0.750. The molecule has 1 aromatic heterocycles. The minimum Gasteiger partial charge on any atom is -0.395 e. The lowest BCUT2D eigenvalue weighted by atomic mass is 9.87. The Morgan fingerprint density at radius 3 is 2.88 bits per heavy atom. The fraction of sp³-hybridized carbons (Fsp3) is 0.609. The first-order valence-electron chi connectivity index (χ1n) is 14.4. The van der Waals surface area contributed by atoms with Gasteiger partial charge in [-0.1, -0.05) is 0 Å². The Balaban J connectivity index is 1.46. The number of hydrogen-bond donors (Lipinski definition) is 3. The number of hydrazine groups is 1. The topological polar surface area (TPSA) is 74.8 Å². The van der Waals surface area contributed by atoms with E-state index in [1.54, 1.807) is 0 Å². The average Bonchev–Trinajstić information content (AvgIpc) is 3.50. The van der Waals surface area contributed by atoms with Crippen molar-refractivity contribution in [1.29, 1.82) is 0 Å². The number of aromatic nitrogens is 1. The van der Waals surface area contributed by atoms with Crippen LogP contribution in [0.4, 0.5) is 8.78 Å². The fourth-order valence-corrected chi connectivity index (χ4v) is 5.01. The van der Waals surface area contributed by atoms with Crippen molar-refractivity contribution in [1.82, 2.24) is 25.2 Å². The van der Waals surface area contributed by atoms with E-state index in [9.17, 15) is 21.4 Å². The molecule has 172 valence electrons. The third kappa shape index (κ3) is 3.25. The van der Waals surface area contributed by atoms with Crippen LogP contribution in [0, 0.1) is 17.5 Å². The number of aliphatic hydroxyl groups excluding tert-OH is 1. The number of carbonyl (C=O) groups excluding carboxylic acids is 1. The molecule has 3 aliphatic heterocycles. The standard InChI is InChI=1S/C23H29F2N5O2/c24-16-9-14-10-20(26-19(14)11-17(16)25)22(32)28-5-1-18-15(12-28)21-13-29(7-8-31)23(2-3-23)4-6-30(21)27-18/h9-11,15,18,21,26-27,31H,1-8,12-13H2/i1D,5D2,12D2,15D,21D. The summed E-state index contributed by atoms with van der Waals surface area (Å²) in [4.78, 5) is 18.4. The quantitative estimate of drug-likeness (QED) is 0.661. The van der Waals surface area contributed by atoms with Crippen LogP contribution in [0.25, 0.3) is 10.9 Å². The van der Waals surface area contributed by atoms with Crippen molar-refractivity contribution in [3.63, 3.8) is 0 Å². The van der Waals surface area contributed by atoms with Gasteiger partial charge in [0, 0.05) is 82.7 Å². The monoisotopic (exact) mass is 452 g/mol. The van der Waals surface area contributed by atoms with E-state index in [4.69, 9.17) is 6.85 Å². The van der Waals surface area contributed by atoms with Gasteiger partial charge < -0.3 is 15.0 Å². The number of hydrogen-bond acceptors (Lipinski definition) is 5. The predicted octanol–water partition coefficient (Wildman–Crippen LogP) is 1.70. The first-order chi connectivity index (χ1) is 18.1. The van der Waals surface area contributed by atoms with Crippen molar-refractivity contribution in [2.24, 2.45) is 5.89 Å². The molecule has 1 aromatic carbocycles. The molecule has 1 aliphatic carbocycles. The molecular formula is C23H29F2N5O2. The summed E-state index contributed by atoms with van der Waals surface area (Å²) in [5.74, 6) is -6.13. The number of halogens is 2. The van der Waals surface area contributed by atoms with Gasteiger partial charge in [-0.25, -0.2) is 13.8 Å². The van der Waals surface area contributed by atoms with Crippen LogP contribution in [0.2, 0.25) is 0 Å². The van der Waals surface area contributed by atoms with E-state index >= 15 is 0 Å². The van der Waals surface area contributed by atoms with Crippen LogP contribution in [-0.2, 0) is 0 Å². The molecule has 0 bridgehead atoms. The zero-order valence-electron chi connectivity index (χ0n) is 24.3. The first-order valence-corrected chi connectivity index (χ1v) is 10.8. The molecule has 9 heteroatoms. The summed E-state index contributed by atoms with van der Waals surface area (Å²) in [6.07, 6.45) is 0.368. The highest BCUT2D eigenvalue weighted by Crippen LogP contribution is 2.47. The molecule has 2 aromatic rings. The lowest BCUT2D eigenvalue weighted by molar-refractivity contribution is 0.0615. The van der Waals surface area contributed by atoms with Crippen molar-refractivity contribution in [3.8, 4) is 0 Å². The van der Waals surface area contributed by atoms with Gasteiger partial charge in [-0.2, -0.15) is 0 Å². The molecule has 1 amide bonds. The van der Waals surface area contributed by atoms with Crippen LogP contribution >= 0.6 is 0 Å². The molecule has 3 saturated heterocycles. The van der Waals surface area contributed by atoms with Gasteiger partial charge >= 0.3 is 0 Å².